The minimum atomic E-state index is -4.34. The molecule has 0 aliphatic rings. The van der Waals surface area contributed by atoms with Crippen LogP contribution in [0.2, 0.25) is 0 Å². The molecular formula is C10H16F3NO3. The summed E-state index contributed by atoms with van der Waals surface area (Å²) in [7, 11) is 1.08. The normalized spacial score (nSPS) is 13.0. The van der Waals surface area contributed by atoms with Crippen molar-refractivity contribution in [2.75, 3.05) is 7.11 Å². The zero-order chi connectivity index (χ0) is 13.5. The second-order valence-corrected chi connectivity index (χ2v) is 3.56. The number of rotatable bonds is 6. The first-order valence-electron chi connectivity index (χ1n) is 5.24. The lowest BCUT2D eigenvalue weighted by atomic mass is 10.0. The molecule has 0 aromatic carbocycles. The van der Waals surface area contributed by atoms with E-state index in [1.165, 1.54) is 0 Å². The van der Waals surface area contributed by atoms with Gasteiger partial charge in [0.25, 0.3) is 0 Å². The third-order valence-corrected chi connectivity index (χ3v) is 2.08. The van der Waals surface area contributed by atoms with Crippen LogP contribution < -0.4 is 5.32 Å². The molecule has 4 nitrogen and oxygen atoms in total. The van der Waals surface area contributed by atoms with Crippen LogP contribution in [0.5, 0.6) is 0 Å². The molecule has 17 heavy (non-hydrogen) atoms. The van der Waals surface area contributed by atoms with Crippen LogP contribution in [0.25, 0.3) is 0 Å². The lowest BCUT2D eigenvalue weighted by Crippen LogP contribution is -2.41. The molecular weight excluding hydrogens is 239 g/mol. The fraction of sp³-hybridized carbons (Fsp3) is 0.800. The van der Waals surface area contributed by atoms with Gasteiger partial charge in [-0.25, -0.2) is 4.79 Å². The molecule has 1 amide bonds. The molecule has 0 aromatic rings. The molecule has 0 aliphatic heterocycles. The standard InChI is InChI=1S/C10H16F3NO3/c1-3-4-8(15)7(14-9(16)17-2)5-6-10(11,12)13/h7H,3-6H2,1-2H3,(H,14,16). The van der Waals surface area contributed by atoms with Crippen LogP contribution >= 0.6 is 0 Å². The molecule has 1 atom stereocenters. The first kappa shape index (κ1) is 15.7. The number of carbonyl (C=O) groups excluding carboxylic acids is 2. The van der Waals surface area contributed by atoms with Gasteiger partial charge in [-0.3, -0.25) is 4.79 Å². The van der Waals surface area contributed by atoms with Crippen molar-refractivity contribution in [1.29, 1.82) is 0 Å². The minimum absolute atomic E-state index is 0.131. The first-order chi connectivity index (χ1) is 7.80. The number of carbonyl (C=O) groups is 2. The number of alkyl carbamates (subject to hydrolysis) is 1. The van der Waals surface area contributed by atoms with Crippen LogP contribution in [0.15, 0.2) is 0 Å². The molecule has 0 spiro atoms. The Morgan fingerprint density at radius 2 is 1.94 bits per heavy atom. The predicted molar refractivity (Wildman–Crippen MR) is 54.5 cm³/mol. The number of amides is 1. The Morgan fingerprint density at radius 1 is 1.35 bits per heavy atom. The fourth-order valence-electron chi connectivity index (χ4n) is 1.24. The second-order valence-electron chi connectivity index (χ2n) is 3.56. The summed E-state index contributed by atoms with van der Waals surface area (Å²) in [5.41, 5.74) is 0. The number of ketones is 1. The van der Waals surface area contributed by atoms with Gasteiger partial charge in [0, 0.05) is 12.8 Å². The van der Waals surface area contributed by atoms with E-state index in [9.17, 15) is 22.8 Å². The maximum absolute atomic E-state index is 12.0. The third-order valence-electron chi connectivity index (χ3n) is 2.08. The molecule has 0 saturated carbocycles. The summed E-state index contributed by atoms with van der Waals surface area (Å²) in [6.07, 6.45) is -6.17. The number of alkyl halides is 3. The summed E-state index contributed by atoms with van der Waals surface area (Å²) in [6, 6.07) is -1.14. The average molecular weight is 255 g/mol. The quantitative estimate of drug-likeness (QED) is 0.793. The van der Waals surface area contributed by atoms with E-state index >= 15 is 0 Å². The molecule has 7 heteroatoms. The van der Waals surface area contributed by atoms with Gasteiger partial charge < -0.3 is 10.1 Å². The number of methoxy groups -OCH3 is 1. The van der Waals surface area contributed by atoms with E-state index in [0.29, 0.717) is 6.42 Å². The van der Waals surface area contributed by atoms with Crippen LogP contribution in [-0.4, -0.2) is 31.2 Å². The van der Waals surface area contributed by atoms with E-state index in [1.807, 2.05) is 0 Å². The van der Waals surface area contributed by atoms with E-state index in [1.54, 1.807) is 6.92 Å². The Labute approximate surface area is 97.5 Å². The van der Waals surface area contributed by atoms with Crippen LogP contribution in [0, 0.1) is 0 Å². The van der Waals surface area contributed by atoms with Crippen molar-refractivity contribution in [2.24, 2.45) is 0 Å². The second kappa shape index (κ2) is 7.13. The highest BCUT2D eigenvalue weighted by Crippen LogP contribution is 2.22. The molecule has 100 valence electrons. The van der Waals surface area contributed by atoms with Crippen LogP contribution in [0.1, 0.15) is 32.6 Å². The molecule has 1 unspecified atom stereocenters. The highest BCUT2D eigenvalue weighted by Gasteiger charge is 2.30. The van der Waals surface area contributed by atoms with Crippen molar-refractivity contribution in [3.05, 3.63) is 0 Å². The van der Waals surface area contributed by atoms with Crippen molar-refractivity contribution in [3.63, 3.8) is 0 Å². The van der Waals surface area contributed by atoms with Crippen LogP contribution in [-0.2, 0) is 9.53 Å². The monoisotopic (exact) mass is 255 g/mol. The van der Waals surface area contributed by atoms with E-state index in [2.05, 4.69) is 10.1 Å². The van der Waals surface area contributed by atoms with Gasteiger partial charge in [0.15, 0.2) is 5.78 Å². The highest BCUT2D eigenvalue weighted by molar-refractivity contribution is 5.87. The summed E-state index contributed by atoms with van der Waals surface area (Å²) in [5.74, 6) is -0.415. The molecule has 0 saturated heterocycles. The van der Waals surface area contributed by atoms with Gasteiger partial charge in [0.1, 0.15) is 0 Å². The Morgan fingerprint density at radius 3 is 2.35 bits per heavy atom. The van der Waals surface area contributed by atoms with E-state index in [-0.39, 0.29) is 6.42 Å². The fourth-order valence-corrected chi connectivity index (χ4v) is 1.24. The van der Waals surface area contributed by atoms with E-state index < -0.39 is 36.9 Å². The van der Waals surface area contributed by atoms with Crippen molar-refractivity contribution in [2.45, 2.75) is 44.8 Å². The van der Waals surface area contributed by atoms with Gasteiger partial charge >= 0.3 is 12.3 Å². The average Bonchev–Trinajstić information content (AvgIpc) is 2.22. The van der Waals surface area contributed by atoms with Gasteiger partial charge in [-0.15, -0.1) is 0 Å². The molecule has 0 bridgehead atoms. The van der Waals surface area contributed by atoms with Gasteiger partial charge in [0.2, 0.25) is 0 Å². The van der Waals surface area contributed by atoms with Gasteiger partial charge in [-0.1, -0.05) is 6.92 Å². The van der Waals surface area contributed by atoms with Crippen molar-refractivity contribution in [3.8, 4) is 0 Å². The van der Waals surface area contributed by atoms with Crippen molar-refractivity contribution in [1.82, 2.24) is 5.32 Å². The smallest absolute Gasteiger partial charge is 0.407 e. The molecule has 0 aliphatic carbocycles. The number of nitrogens with one attached hydrogen (secondary N) is 1. The van der Waals surface area contributed by atoms with Gasteiger partial charge in [-0.2, -0.15) is 13.2 Å². The molecule has 0 aromatic heterocycles. The zero-order valence-corrected chi connectivity index (χ0v) is 9.76. The lowest BCUT2D eigenvalue weighted by molar-refractivity contribution is -0.138. The van der Waals surface area contributed by atoms with Gasteiger partial charge in [0.05, 0.1) is 13.2 Å². The Balaban J connectivity index is 4.40. The summed E-state index contributed by atoms with van der Waals surface area (Å²) >= 11 is 0. The zero-order valence-electron chi connectivity index (χ0n) is 9.76. The van der Waals surface area contributed by atoms with Crippen LogP contribution in [0.4, 0.5) is 18.0 Å². The molecule has 0 rings (SSSR count). The Bertz CT molecular complexity index is 266. The molecule has 0 fully saturated rings. The molecule has 0 radical (unpaired) electrons. The summed E-state index contributed by atoms with van der Waals surface area (Å²) in [4.78, 5) is 22.4. The number of ether oxygens (including phenoxy) is 1. The molecule has 1 N–H and O–H groups in total. The maximum atomic E-state index is 12.0. The summed E-state index contributed by atoms with van der Waals surface area (Å²) in [5, 5.41) is 2.11. The lowest BCUT2D eigenvalue weighted by Gasteiger charge is -2.17. The minimum Gasteiger partial charge on any atom is -0.453 e. The number of hydrogen-bond donors (Lipinski definition) is 1. The SMILES string of the molecule is CCCC(=O)C(CCC(F)(F)F)NC(=O)OC. The largest absolute Gasteiger partial charge is 0.453 e. The molecule has 0 heterocycles. The first-order valence-corrected chi connectivity index (χ1v) is 5.24. The van der Waals surface area contributed by atoms with E-state index in [4.69, 9.17) is 0 Å². The number of hydrogen-bond acceptors (Lipinski definition) is 3. The number of Topliss-reactive ketones (excluding diaryl/α,β-unsaturated/α-hetero) is 1. The van der Waals surface area contributed by atoms with Gasteiger partial charge in [-0.05, 0) is 12.8 Å². The Hall–Kier alpha value is -1.27. The highest BCUT2D eigenvalue weighted by atomic mass is 19.4. The number of halogens is 3. The van der Waals surface area contributed by atoms with Crippen molar-refractivity contribution >= 4 is 11.9 Å². The Kier molecular flexibility index (Phi) is 6.60. The van der Waals surface area contributed by atoms with Crippen LogP contribution in [0.3, 0.4) is 0 Å². The summed E-state index contributed by atoms with van der Waals surface area (Å²) in [6.45, 7) is 1.73. The van der Waals surface area contributed by atoms with Crippen molar-refractivity contribution < 1.29 is 27.5 Å². The predicted octanol–water partition coefficient (Wildman–Crippen LogP) is 2.42. The maximum Gasteiger partial charge on any atom is 0.407 e. The van der Waals surface area contributed by atoms with E-state index in [0.717, 1.165) is 7.11 Å². The topological polar surface area (TPSA) is 55.4 Å². The summed E-state index contributed by atoms with van der Waals surface area (Å²) < 4.78 is 40.3. The third kappa shape index (κ3) is 7.59.